The molecule has 1 atom stereocenters. The van der Waals surface area contributed by atoms with E-state index in [2.05, 4.69) is 57.2 Å². The van der Waals surface area contributed by atoms with Gasteiger partial charge in [-0.3, -0.25) is 0 Å². The summed E-state index contributed by atoms with van der Waals surface area (Å²) in [6.07, 6.45) is 14.2. The van der Waals surface area contributed by atoms with Crippen LogP contribution in [0, 0.1) is 5.92 Å². The lowest BCUT2D eigenvalue weighted by Gasteiger charge is -2.10. The summed E-state index contributed by atoms with van der Waals surface area (Å²) in [7, 11) is 0. The van der Waals surface area contributed by atoms with Crippen LogP contribution in [0.25, 0.3) is 0 Å². The fraction of sp³-hybridized carbons (Fsp3) is 0.429. The lowest BCUT2D eigenvalue weighted by atomic mass is 9.96. The maximum absolute atomic E-state index is 2.23. The first-order chi connectivity index (χ1) is 6.24. The van der Waals surface area contributed by atoms with E-state index in [0.29, 0.717) is 5.92 Å². The van der Waals surface area contributed by atoms with Crippen LogP contribution in [0.2, 0.25) is 0 Å². The first-order valence-electron chi connectivity index (χ1n) is 4.96. The topological polar surface area (TPSA) is 0 Å². The maximum atomic E-state index is 2.23. The van der Waals surface area contributed by atoms with Gasteiger partial charge in [-0.05, 0) is 24.8 Å². The second-order valence-electron chi connectivity index (χ2n) is 3.57. The molecule has 0 aromatic rings. The van der Waals surface area contributed by atoms with Crippen LogP contribution in [0.4, 0.5) is 0 Å². The largest absolute Gasteiger partial charge is 0.0776 e. The molecule has 1 rings (SSSR count). The van der Waals surface area contributed by atoms with Crippen molar-refractivity contribution in [3.63, 3.8) is 0 Å². The van der Waals surface area contributed by atoms with Crippen molar-refractivity contribution in [2.24, 2.45) is 5.92 Å². The first-order valence-corrected chi connectivity index (χ1v) is 4.96. The number of hydrogen-bond acceptors (Lipinski definition) is 0. The van der Waals surface area contributed by atoms with Gasteiger partial charge in [0.25, 0.3) is 0 Å². The third kappa shape index (κ3) is 3.78. The van der Waals surface area contributed by atoms with Gasteiger partial charge in [-0.25, -0.2) is 0 Å². The summed E-state index contributed by atoms with van der Waals surface area (Å²) < 4.78 is 0. The molecule has 1 aliphatic carbocycles. The summed E-state index contributed by atoms with van der Waals surface area (Å²) in [6.45, 7) is 6.58. The van der Waals surface area contributed by atoms with Crippen LogP contribution in [0.1, 0.15) is 34.6 Å². The number of rotatable bonds is 2. The van der Waals surface area contributed by atoms with Crippen LogP contribution in [0.3, 0.4) is 0 Å². The molecule has 0 aromatic heterocycles. The minimum absolute atomic E-state index is 0. The predicted octanol–water partition coefficient (Wildman–Crippen LogP) is 4.67. The Bertz CT molecular complexity index is 274. The molecule has 0 nitrogen and oxygen atoms in total. The molecule has 1 aliphatic rings. The molecule has 0 radical (unpaired) electrons. The summed E-state index contributed by atoms with van der Waals surface area (Å²) in [5.41, 5.74) is 2.83. The molecule has 0 fully saturated rings. The van der Waals surface area contributed by atoms with Crippen LogP contribution in [0.15, 0.2) is 47.6 Å². The Kier molecular flexibility index (Phi) is 5.94. The van der Waals surface area contributed by atoms with E-state index in [-0.39, 0.29) is 7.43 Å². The summed E-state index contributed by atoms with van der Waals surface area (Å²) in [5, 5.41) is 0. The van der Waals surface area contributed by atoms with E-state index in [0.717, 1.165) is 6.42 Å². The van der Waals surface area contributed by atoms with Gasteiger partial charge in [-0.1, -0.05) is 63.3 Å². The molecule has 14 heavy (non-hydrogen) atoms. The van der Waals surface area contributed by atoms with Crippen molar-refractivity contribution >= 4 is 0 Å². The summed E-state index contributed by atoms with van der Waals surface area (Å²) in [5.74, 6) is 0.561. The van der Waals surface area contributed by atoms with Crippen LogP contribution in [-0.4, -0.2) is 0 Å². The Hall–Kier alpha value is -1.04. The Balaban J connectivity index is 0.00000169. The Morgan fingerprint density at radius 3 is 2.71 bits per heavy atom. The second-order valence-corrected chi connectivity index (χ2v) is 3.57. The zero-order valence-electron chi connectivity index (χ0n) is 8.75. The van der Waals surface area contributed by atoms with Crippen molar-refractivity contribution in [3.8, 4) is 0 Å². The van der Waals surface area contributed by atoms with Gasteiger partial charge in [-0.2, -0.15) is 0 Å². The molecule has 0 heterocycles. The minimum atomic E-state index is 0. The highest BCUT2D eigenvalue weighted by molar-refractivity contribution is 5.35. The Morgan fingerprint density at radius 2 is 2.14 bits per heavy atom. The standard InChI is InChI=1S/C13H18.CH4/c1-4-11(2)9-10-13-8-6-5-7-12(13)3;/h5-10,12H,4H2,1-3H3;1H4/b11-9-,13-10-;. The zero-order chi connectivity index (χ0) is 9.68. The van der Waals surface area contributed by atoms with Gasteiger partial charge >= 0.3 is 0 Å². The average molecular weight is 190 g/mol. The molecule has 0 aromatic carbocycles. The van der Waals surface area contributed by atoms with Crippen LogP contribution in [0.5, 0.6) is 0 Å². The summed E-state index contributed by atoms with van der Waals surface area (Å²) in [6, 6.07) is 0. The molecule has 0 heteroatoms. The van der Waals surface area contributed by atoms with Crippen molar-refractivity contribution < 1.29 is 0 Å². The van der Waals surface area contributed by atoms with Crippen LogP contribution >= 0.6 is 0 Å². The summed E-state index contributed by atoms with van der Waals surface area (Å²) in [4.78, 5) is 0. The molecular weight excluding hydrogens is 168 g/mol. The normalized spacial score (nSPS) is 23.8. The Labute approximate surface area is 88.7 Å². The molecule has 0 bridgehead atoms. The summed E-state index contributed by atoms with van der Waals surface area (Å²) >= 11 is 0. The van der Waals surface area contributed by atoms with E-state index in [1.54, 1.807) is 0 Å². The third-order valence-corrected chi connectivity index (χ3v) is 2.44. The van der Waals surface area contributed by atoms with Crippen molar-refractivity contribution in [1.29, 1.82) is 0 Å². The zero-order valence-corrected chi connectivity index (χ0v) is 8.75. The van der Waals surface area contributed by atoms with E-state index in [4.69, 9.17) is 0 Å². The second kappa shape index (κ2) is 6.42. The average Bonchev–Trinajstić information content (AvgIpc) is 2.16. The van der Waals surface area contributed by atoms with Gasteiger partial charge in [0.15, 0.2) is 0 Å². The fourth-order valence-electron chi connectivity index (χ4n) is 1.22. The van der Waals surface area contributed by atoms with E-state index in [1.807, 2.05) is 0 Å². The smallest absolute Gasteiger partial charge is 0.000732 e. The first kappa shape index (κ1) is 13.0. The molecule has 1 unspecified atom stereocenters. The quantitative estimate of drug-likeness (QED) is 0.593. The van der Waals surface area contributed by atoms with Gasteiger partial charge in [0, 0.05) is 0 Å². The molecule has 0 saturated carbocycles. The van der Waals surface area contributed by atoms with Crippen LogP contribution < -0.4 is 0 Å². The van der Waals surface area contributed by atoms with Crippen molar-refractivity contribution in [3.05, 3.63) is 47.6 Å². The predicted molar refractivity (Wildman–Crippen MR) is 66.3 cm³/mol. The molecule has 0 saturated heterocycles. The van der Waals surface area contributed by atoms with E-state index in [1.165, 1.54) is 11.1 Å². The lowest BCUT2D eigenvalue weighted by molar-refractivity contribution is 0.883. The van der Waals surface area contributed by atoms with Crippen molar-refractivity contribution in [2.45, 2.75) is 34.6 Å². The number of hydrogen-bond donors (Lipinski definition) is 0. The maximum Gasteiger partial charge on any atom is -0.000732 e. The lowest BCUT2D eigenvalue weighted by Crippen LogP contribution is -1.95. The molecule has 0 aliphatic heterocycles. The molecular formula is C14H22. The minimum Gasteiger partial charge on any atom is -0.0776 e. The fourth-order valence-corrected chi connectivity index (χ4v) is 1.22. The molecule has 0 spiro atoms. The number of allylic oxidation sites excluding steroid dienone is 8. The molecule has 78 valence electrons. The van der Waals surface area contributed by atoms with Crippen LogP contribution in [-0.2, 0) is 0 Å². The highest BCUT2D eigenvalue weighted by Gasteiger charge is 2.02. The van der Waals surface area contributed by atoms with Gasteiger partial charge in [0.05, 0.1) is 0 Å². The SMILES string of the molecule is C.CC/C(C)=C\C=C1\C=CC=CC1C. The van der Waals surface area contributed by atoms with Gasteiger partial charge in [0.1, 0.15) is 0 Å². The molecule has 0 N–H and O–H groups in total. The highest BCUT2D eigenvalue weighted by Crippen LogP contribution is 2.18. The van der Waals surface area contributed by atoms with E-state index in [9.17, 15) is 0 Å². The van der Waals surface area contributed by atoms with Crippen molar-refractivity contribution in [1.82, 2.24) is 0 Å². The molecule has 0 amide bonds. The van der Waals surface area contributed by atoms with Gasteiger partial charge in [0.2, 0.25) is 0 Å². The highest BCUT2D eigenvalue weighted by atomic mass is 14.1. The monoisotopic (exact) mass is 190 g/mol. The van der Waals surface area contributed by atoms with Crippen molar-refractivity contribution in [2.75, 3.05) is 0 Å². The third-order valence-electron chi connectivity index (χ3n) is 2.44. The van der Waals surface area contributed by atoms with Gasteiger partial charge in [-0.15, -0.1) is 0 Å². The van der Waals surface area contributed by atoms with E-state index < -0.39 is 0 Å². The van der Waals surface area contributed by atoms with E-state index >= 15 is 0 Å². The van der Waals surface area contributed by atoms with Gasteiger partial charge < -0.3 is 0 Å². The Morgan fingerprint density at radius 1 is 1.43 bits per heavy atom.